The highest BCUT2D eigenvalue weighted by Gasteiger charge is 2.25. The predicted octanol–water partition coefficient (Wildman–Crippen LogP) is 3.92. The SMILES string of the molecule is O=[N+]([O-])c1ccc2c(c1)-c1nc3c(cc1CC2)CCc1cccnc1-3. The van der Waals surface area contributed by atoms with Crippen molar-refractivity contribution >= 4 is 5.69 Å². The third-order valence-corrected chi connectivity index (χ3v) is 5.18. The van der Waals surface area contributed by atoms with Gasteiger partial charge in [0.1, 0.15) is 0 Å². The molecule has 5 rings (SSSR count). The lowest BCUT2D eigenvalue weighted by Gasteiger charge is -2.24. The topological polar surface area (TPSA) is 68.9 Å². The first-order valence-corrected chi connectivity index (χ1v) is 8.45. The Bertz CT molecular complexity index is 1040. The van der Waals surface area contributed by atoms with Gasteiger partial charge < -0.3 is 0 Å². The number of aryl methyl sites for hydroxylation is 4. The van der Waals surface area contributed by atoms with Crippen LogP contribution < -0.4 is 0 Å². The molecule has 2 heterocycles. The highest BCUT2D eigenvalue weighted by atomic mass is 16.6. The Morgan fingerprint density at radius 3 is 2.44 bits per heavy atom. The normalized spacial score (nSPS) is 14.1. The second kappa shape index (κ2) is 5.21. The predicted molar refractivity (Wildman–Crippen MR) is 94.4 cm³/mol. The van der Waals surface area contributed by atoms with E-state index in [2.05, 4.69) is 17.1 Å². The fraction of sp³-hybridized carbons (Fsp3) is 0.200. The highest BCUT2D eigenvalue weighted by Crippen LogP contribution is 2.39. The molecule has 2 aliphatic rings. The van der Waals surface area contributed by atoms with Gasteiger partial charge in [0, 0.05) is 23.9 Å². The van der Waals surface area contributed by atoms with Gasteiger partial charge in [0.2, 0.25) is 0 Å². The molecule has 3 aromatic rings. The molecule has 0 fully saturated rings. The number of nitro benzene ring substituents is 1. The maximum atomic E-state index is 11.2. The molecule has 122 valence electrons. The number of benzene rings is 1. The van der Waals surface area contributed by atoms with Crippen LogP contribution in [0.15, 0.2) is 42.6 Å². The molecule has 0 saturated carbocycles. The molecule has 0 aliphatic heterocycles. The van der Waals surface area contributed by atoms with E-state index in [1.807, 2.05) is 12.1 Å². The van der Waals surface area contributed by atoms with Gasteiger partial charge in [-0.2, -0.15) is 0 Å². The van der Waals surface area contributed by atoms with Crippen molar-refractivity contribution in [2.45, 2.75) is 25.7 Å². The van der Waals surface area contributed by atoms with Crippen molar-refractivity contribution in [3.05, 3.63) is 75.0 Å². The molecular weight excluding hydrogens is 314 g/mol. The number of nitrogens with zero attached hydrogens (tertiary/aromatic N) is 3. The Morgan fingerprint density at radius 2 is 1.60 bits per heavy atom. The average molecular weight is 329 g/mol. The standard InChI is InChI=1S/C20H15N3O2/c24-23(25)16-8-7-12-3-5-14-10-15-6-4-13-2-1-9-21-19(13)20(15)22-18(14)17(12)11-16/h1-2,7-11H,3-6H2. The van der Waals surface area contributed by atoms with Crippen LogP contribution in [-0.4, -0.2) is 14.9 Å². The van der Waals surface area contributed by atoms with Gasteiger partial charge in [-0.05, 0) is 54.0 Å². The summed E-state index contributed by atoms with van der Waals surface area (Å²) in [6, 6.07) is 11.4. The van der Waals surface area contributed by atoms with E-state index in [0.717, 1.165) is 53.9 Å². The second-order valence-electron chi connectivity index (χ2n) is 6.61. The maximum absolute atomic E-state index is 11.2. The number of fused-ring (bicyclic) bond motifs is 6. The summed E-state index contributed by atoms with van der Waals surface area (Å²) in [6.07, 6.45) is 5.58. The van der Waals surface area contributed by atoms with E-state index in [9.17, 15) is 10.1 Å². The van der Waals surface area contributed by atoms with E-state index >= 15 is 0 Å². The van der Waals surface area contributed by atoms with Crippen LogP contribution in [0, 0.1) is 10.1 Å². The Labute approximate surface area is 144 Å². The zero-order chi connectivity index (χ0) is 17.0. The zero-order valence-corrected chi connectivity index (χ0v) is 13.5. The Hall–Kier alpha value is -3.08. The third-order valence-electron chi connectivity index (χ3n) is 5.18. The summed E-state index contributed by atoms with van der Waals surface area (Å²) in [4.78, 5) is 20.3. The van der Waals surface area contributed by atoms with Crippen molar-refractivity contribution < 1.29 is 4.92 Å². The summed E-state index contributed by atoms with van der Waals surface area (Å²) >= 11 is 0. The smallest absolute Gasteiger partial charge is 0.258 e. The van der Waals surface area contributed by atoms with Crippen LogP contribution >= 0.6 is 0 Å². The molecule has 0 N–H and O–H groups in total. The summed E-state index contributed by atoms with van der Waals surface area (Å²) in [5, 5.41) is 11.2. The fourth-order valence-corrected chi connectivity index (χ4v) is 3.93. The average Bonchev–Trinajstić information content (AvgIpc) is 2.66. The second-order valence-corrected chi connectivity index (χ2v) is 6.61. The van der Waals surface area contributed by atoms with Crippen LogP contribution in [0.3, 0.4) is 0 Å². The molecule has 2 aliphatic carbocycles. The first-order valence-electron chi connectivity index (χ1n) is 8.45. The number of pyridine rings is 2. The molecule has 1 aromatic carbocycles. The zero-order valence-electron chi connectivity index (χ0n) is 13.5. The molecule has 0 unspecified atom stereocenters. The van der Waals surface area contributed by atoms with E-state index in [1.54, 1.807) is 18.3 Å². The molecule has 0 radical (unpaired) electrons. The lowest BCUT2D eigenvalue weighted by molar-refractivity contribution is -0.384. The summed E-state index contributed by atoms with van der Waals surface area (Å²) in [5.41, 5.74) is 8.53. The van der Waals surface area contributed by atoms with Crippen LogP contribution in [0.25, 0.3) is 22.6 Å². The maximum Gasteiger partial charge on any atom is 0.270 e. The minimum absolute atomic E-state index is 0.115. The lowest BCUT2D eigenvalue weighted by Crippen LogP contribution is -2.13. The number of hydrogen-bond acceptors (Lipinski definition) is 4. The third kappa shape index (κ3) is 2.16. The monoisotopic (exact) mass is 329 g/mol. The number of hydrogen-bond donors (Lipinski definition) is 0. The highest BCUT2D eigenvalue weighted by molar-refractivity contribution is 5.76. The molecule has 0 amide bonds. The first-order chi connectivity index (χ1) is 12.2. The number of nitro groups is 1. The molecule has 0 saturated heterocycles. The first kappa shape index (κ1) is 14.3. The van der Waals surface area contributed by atoms with Crippen LogP contribution in [0.1, 0.15) is 22.3 Å². The van der Waals surface area contributed by atoms with Gasteiger partial charge in [-0.25, -0.2) is 4.98 Å². The van der Waals surface area contributed by atoms with Crippen LogP contribution in [0.4, 0.5) is 5.69 Å². The number of non-ortho nitro benzene ring substituents is 1. The van der Waals surface area contributed by atoms with E-state index in [1.165, 1.54) is 16.7 Å². The van der Waals surface area contributed by atoms with Crippen molar-refractivity contribution in [1.82, 2.24) is 9.97 Å². The molecule has 5 nitrogen and oxygen atoms in total. The largest absolute Gasteiger partial charge is 0.270 e. The van der Waals surface area contributed by atoms with Crippen molar-refractivity contribution in [2.24, 2.45) is 0 Å². The van der Waals surface area contributed by atoms with Crippen molar-refractivity contribution in [1.29, 1.82) is 0 Å². The molecular formula is C20H15N3O2. The van der Waals surface area contributed by atoms with Gasteiger partial charge in [0.15, 0.2) is 0 Å². The van der Waals surface area contributed by atoms with Gasteiger partial charge in [-0.1, -0.05) is 18.2 Å². The van der Waals surface area contributed by atoms with Gasteiger partial charge in [0.05, 0.1) is 22.0 Å². The summed E-state index contributed by atoms with van der Waals surface area (Å²) in [7, 11) is 0. The fourth-order valence-electron chi connectivity index (χ4n) is 3.93. The minimum atomic E-state index is -0.343. The molecule has 25 heavy (non-hydrogen) atoms. The van der Waals surface area contributed by atoms with Crippen LogP contribution in [-0.2, 0) is 25.7 Å². The number of rotatable bonds is 1. The van der Waals surface area contributed by atoms with Gasteiger partial charge >= 0.3 is 0 Å². The molecule has 0 bridgehead atoms. The molecule has 0 atom stereocenters. The lowest BCUT2D eigenvalue weighted by atomic mass is 9.85. The van der Waals surface area contributed by atoms with Gasteiger partial charge in [-0.3, -0.25) is 15.1 Å². The van der Waals surface area contributed by atoms with Crippen LogP contribution in [0.2, 0.25) is 0 Å². The van der Waals surface area contributed by atoms with Gasteiger partial charge in [0.25, 0.3) is 5.69 Å². The number of aromatic nitrogens is 2. The van der Waals surface area contributed by atoms with E-state index in [-0.39, 0.29) is 10.6 Å². The van der Waals surface area contributed by atoms with E-state index < -0.39 is 0 Å². The molecule has 2 aromatic heterocycles. The van der Waals surface area contributed by atoms with Gasteiger partial charge in [-0.15, -0.1) is 0 Å². The summed E-state index contributed by atoms with van der Waals surface area (Å²) in [5.74, 6) is 0. The van der Waals surface area contributed by atoms with Crippen molar-refractivity contribution in [3.8, 4) is 22.6 Å². The van der Waals surface area contributed by atoms with E-state index in [0.29, 0.717) is 0 Å². The molecule has 0 spiro atoms. The summed E-state index contributed by atoms with van der Waals surface area (Å²) in [6.45, 7) is 0. The quantitative estimate of drug-likeness (QED) is 0.501. The summed E-state index contributed by atoms with van der Waals surface area (Å²) < 4.78 is 0. The Balaban J connectivity index is 1.75. The Kier molecular flexibility index (Phi) is 2.98. The van der Waals surface area contributed by atoms with E-state index in [4.69, 9.17) is 4.98 Å². The van der Waals surface area contributed by atoms with Crippen molar-refractivity contribution in [3.63, 3.8) is 0 Å². The molecule has 5 heteroatoms. The van der Waals surface area contributed by atoms with Crippen LogP contribution in [0.5, 0.6) is 0 Å². The Morgan fingerprint density at radius 1 is 0.840 bits per heavy atom. The minimum Gasteiger partial charge on any atom is -0.258 e. The van der Waals surface area contributed by atoms with Crippen molar-refractivity contribution in [2.75, 3.05) is 0 Å².